The number of likely N-dealkylation sites (tertiary alicyclic amines) is 1. The summed E-state index contributed by atoms with van der Waals surface area (Å²) >= 11 is 0. The van der Waals surface area contributed by atoms with Crippen LogP contribution >= 0.6 is 0 Å². The van der Waals surface area contributed by atoms with E-state index in [9.17, 15) is 4.79 Å². The van der Waals surface area contributed by atoms with Crippen molar-refractivity contribution in [3.05, 3.63) is 46.8 Å². The first-order valence-corrected chi connectivity index (χ1v) is 10.1. The van der Waals surface area contributed by atoms with Crippen LogP contribution in [-0.2, 0) is 6.42 Å². The summed E-state index contributed by atoms with van der Waals surface area (Å²) in [5, 5.41) is 4.14. The number of para-hydroxylation sites is 2. The lowest BCUT2D eigenvalue weighted by Gasteiger charge is -2.16. The lowest BCUT2D eigenvalue weighted by molar-refractivity contribution is 0.279. The van der Waals surface area contributed by atoms with E-state index in [1.54, 1.807) is 10.9 Å². The number of fused-ring (bicyclic) bond motifs is 3. The molecule has 0 radical (unpaired) electrons. The van der Waals surface area contributed by atoms with Crippen LogP contribution in [-0.4, -0.2) is 48.6 Å². The Balaban J connectivity index is 1.64. The van der Waals surface area contributed by atoms with Crippen LogP contribution in [0.2, 0.25) is 0 Å². The number of benzene rings is 1. The van der Waals surface area contributed by atoms with Crippen molar-refractivity contribution in [1.82, 2.24) is 29.0 Å². The first kappa shape index (κ1) is 18.1. The van der Waals surface area contributed by atoms with Crippen molar-refractivity contribution in [2.24, 2.45) is 0 Å². The predicted octanol–water partition coefficient (Wildman–Crippen LogP) is 2.92. The highest BCUT2D eigenvalue weighted by atomic mass is 16.5. The summed E-state index contributed by atoms with van der Waals surface area (Å²) in [6, 6.07) is 8.28. The quantitative estimate of drug-likeness (QED) is 0.531. The number of imidazole rings is 1. The molecule has 4 aromatic rings. The van der Waals surface area contributed by atoms with Crippen molar-refractivity contribution < 1.29 is 4.52 Å². The van der Waals surface area contributed by atoms with Crippen molar-refractivity contribution in [3.8, 4) is 11.5 Å². The first-order chi connectivity index (χ1) is 14.0. The normalized spacial score (nSPS) is 17.9. The topological polar surface area (TPSA) is 81.5 Å². The molecule has 0 saturated carbocycles. The van der Waals surface area contributed by atoms with Gasteiger partial charge in [-0.3, -0.25) is 9.20 Å². The van der Waals surface area contributed by atoms with Crippen LogP contribution in [0.5, 0.6) is 0 Å². The lowest BCUT2D eigenvalue weighted by atomic mass is 10.1. The van der Waals surface area contributed by atoms with E-state index < -0.39 is 0 Å². The van der Waals surface area contributed by atoms with Gasteiger partial charge >= 0.3 is 0 Å². The number of aromatic nitrogens is 5. The third-order valence-electron chi connectivity index (χ3n) is 5.87. The van der Waals surface area contributed by atoms with Crippen molar-refractivity contribution in [1.29, 1.82) is 0 Å². The van der Waals surface area contributed by atoms with E-state index in [0.29, 0.717) is 35.4 Å². The van der Waals surface area contributed by atoms with Gasteiger partial charge in [-0.1, -0.05) is 17.3 Å². The molecule has 0 aliphatic carbocycles. The van der Waals surface area contributed by atoms with Gasteiger partial charge in [0, 0.05) is 18.5 Å². The standard InChI is InChI=1S/C21H24N6O2/c1-13(2)27-16-9-5-4-8-15(16)26-12-22-18(19(26)21(27)28)20-23-17(29-24-20)11-14-7-6-10-25(14)3/h4-5,8-9,12-14H,6-7,10-11H2,1-3H3. The monoisotopic (exact) mass is 392 g/mol. The summed E-state index contributed by atoms with van der Waals surface area (Å²) in [6.07, 6.45) is 4.71. The molecule has 8 nitrogen and oxygen atoms in total. The summed E-state index contributed by atoms with van der Waals surface area (Å²) in [4.78, 5) is 24.8. The fourth-order valence-corrected chi connectivity index (χ4v) is 4.38. The molecule has 5 rings (SSSR count). The molecule has 3 aromatic heterocycles. The van der Waals surface area contributed by atoms with E-state index in [-0.39, 0.29) is 11.6 Å². The number of rotatable bonds is 4. The van der Waals surface area contributed by atoms with Crippen LogP contribution in [0.15, 0.2) is 39.9 Å². The molecule has 0 amide bonds. The highest BCUT2D eigenvalue weighted by molar-refractivity contribution is 5.83. The zero-order valence-corrected chi connectivity index (χ0v) is 16.9. The molecule has 150 valence electrons. The zero-order chi connectivity index (χ0) is 20.1. The maximum Gasteiger partial charge on any atom is 0.278 e. The third-order valence-corrected chi connectivity index (χ3v) is 5.87. The third kappa shape index (κ3) is 2.86. The van der Waals surface area contributed by atoms with E-state index in [1.165, 1.54) is 6.42 Å². The molecule has 0 N–H and O–H groups in total. The van der Waals surface area contributed by atoms with Gasteiger partial charge in [0.15, 0.2) is 0 Å². The van der Waals surface area contributed by atoms with Crippen LogP contribution in [0, 0.1) is 0 Å². The summed E-state index contributed by atoms with van der Waals surface area (Å²) in [5.41, 5.74) is 2.63. The summed E-state index contributed by atoms with van der Waals surface area (Å²) in [7, 11) is 2.12. The lowest BCUT2D eigenvalue weighted by Crippen LogP contribution is -2.26. The Morgan fingerprint density at radius 2 is 2.03 bits per heavy atom. The number of hydrogen-bond acceptors (Lipinski definition) is 6. The van der Waals surface area contributed by atoms with Crippen molar-refractivity contribution in [3.63, 3.8) is 0 Å². The van der Waals surface area contributed by atoms with Gasteiger partial charge in [-0.2, -0.15) is 4.98 Å². The minimum absolute atomic E-state index is 0.0129. The first-order valence-electron chi connectivity index (χ1n) is 10.1. The molecule has 29 heavy (non-hydrogen) atoms. The summed E-state index contributed by atoms with van der Waals surface area (Å²) in [5.74, 6) is 0.954. The van der Waals surface area contributed by atoms with E-state index in [4.69, 9.17) is 4.52 Å². The molecule has 1 aliphatic rings. The number of hydrogen-bond donors (Lipinski definition) is 0. The average Bonchev–Trinajstić information content (AvgIpc) is 3.42. The van der Waals surface area contributed by atoms with E-state index in [0.717, 1.165) is 24.0 Å². The summed E-state index contributed by atoms with van der Waals surface area (Å²) < 4.78 is 9.13. The smallest absolute Gasteiger partial charge is 0.278 e. The van der Waals surface area contributed by atoms with Crippen LogP contribution in [0.1, 0.15) is 38.6 Å². The Bertz CT molecular complexity index is 1250. The Morgan fingerprint density at radius 3 is 2.76 bits per heavy atom. The SMILES string of the molecule is CC(C)n1c(=O)c2c(-c3noc(CC4CCCN4C)n3)ncn2c2ccccc21. The minimum atomic E-state index is -0.104. The maximum absolute atomic E-state index is 13.4. The van der Waals surface area contributed by atoms with Crippen molar-refractivity contribution in [2.75, 3.05) is 13.6 Å². The molecule has 4 heterocycles. The molecular formula is C21H24N6O2. The second-order valence-electron chi connectivity index (χ2n) is 8.06. The van der Waals surface area contributed by atoms with E-state index in [2.05, 4.69) is 27.1 Å². The minimum Gasteiger partial charge on any atom is -0.339 e. The van der Waals surface area contributed by atoms with Gasteiger partial charge in [0.05, 0.1) is 11.0 Å². The predicted molar refractivity (Wildman–Crippen MR) is 110 cm³/mol. The fourth-order valence-electron chi connectivity index (χ4n) is 4.38. The van der Waals surface area contributed by atoms with Crippen molar-refractivity contribution >= 4 is 16.6 Å². The Kier molecular flexibility index (Phi) is 4.24. The van der Waals surface area contributed by atoms with Gasteiger partial charge < -0.3 is 14.0 Å². The van der Waals surface area contributed by atoms with E-state index >= 15 is 0 Å². The molecule has 1 fully saturated rings. The molecule has 8 heteroatoms. The second-order valence-corrected chi connectivity index (χ2v) is 8.06. The second kappa shape index (κ2) is 6.81. The molecule has 1 unspecified atom stereocenters. The Hall–Kier alpha value is -3.00. The molecule has 1 saturated heterocycles. The van der Waals surface area contributed by atoms with Crippen LogP contribution < -0.4 is 5.56 Å². The molecule has 0 bridgehead atoms. The van der Waals surface area contributed by atoms with Crippen LogP contribution in [0.25, 0.3) is 28.1 Å². The molecular weight excluding hydrogens is 368 g/mol. The zero-order valence-electron chi connectivity index (χ0n) is 16.9. The van der Waals surface area contributed by atoms with Gasteiger partial charge in [0.1, 0.15) is 17.5 Å². The van der Waals surface area contributed by atoms with Gasteiger partial charge in [-0.05, 0) is 52.4 Å². The van der Waals surface area contributed by atoms with Crippen LogP contribution in [0.4, 0.5) is 0 Å². The van der Waals surface area contributed by atoms with Gasteiger partial charge in [0.2, 0.25) is 11.7 Å². The average molecular weight is 392 g/mol. The van der Waals surface area contributed by atoms with Gasteiger partial charge in [-0.25, -0.2) is 4.98 Å². The summed E-state index contributed by atoms with van der Waals surface area (Å²) in [6.45, 7) is 5.11. The highest BCUT2D eigenvalue weighted by Gasteiger charge is 2.25. The number of nitrogens with zero attached hydrogens (tertiary/aromatic N) is 6. The van der Waals surface area contributed by atoms with Crippen LogP contribution in [0.3, 0.4) is 0 Å². The molecule has 0 spiro atoms. The Labute approximate surface area is 167 Å². The van der Waals surface area contributed by atoms with Gasteiger partial charge in [-0.15, -0.1) is 0 Å². The number of likely N-dealkylation sites (N-methyl/N-ethyl adjacent to an activating group) is 1. The molecule has 1 aromatic carbocycles. The molecule has 1 aliphatic heterocycles. The highest BCUT2D eigenvalue weighted by Crippen LogP contribution is 2.25. The van der Waals surface area contributed by atoms with E-state index in [1.807, 2.05) is 42.5 Å². The fraction of sp³-hybridized carbons (Fsp3) is 0.429. The van der Waals surface area contributed by atoms with Gasteiger partial charge in [0.25, 0.3) is 5.56 Å². The molecule has 1 atom stereocenters. The van der Waals surface area contributed by atoms with Crippen molar-refractivity contribution in [2.45, 2.75) is 45.2 Å². The maximum atomic E-state index is 13.4. The Morgan fingerprint density at radius 1 is 1.24 bits per heavy atom. The largest absolute Gasteiger partial charge is 0.339 e.